The predicted octanol–water partition coefficient (Wildman–Crippen LogP) is 0.893. The third-order valence-electron chi connectivity index (χ3n) is 5.29. The van der Waals surface area contributed by atoms with Gasteiger partial charge in [-0.2, -0.15) is 0 Å². The molecule has 1 N–H and O–H groups in total. The quantitative estimate of drug-likeness (QED) is 0.822. The summed E-state index contributed by atoms with van der Waals surface area (Å²) in [4.78, 5) is 16.9. The van der Waals surface area contributed by atoms with Crippen LogP contribution in [0, 0.1) is 11.8 Å². The van der Waals surface area contributed by atoms with E-state index in [9.17, 15) is 13.2 Å². The summed E-state index contributed by atoms with van der Waals surface area (Å²) in [5.41, 5.74) is 0. The summed E-state index contributed by atoms with van der Waals surface area (Å²) >= 11 is 0. The minimum absolute atomic E-state index is 0.161. The van der Waals surface area contributed by atoms with E-state index in [0.717, 1.165) is 13.1 Å². The monoisotopic (exact) mass is 345 g/mol. The lowest BCUT2D eigenvalue weighted by Crippen LogP contribution is -2.54. The molecule has 0 bridgehead atoms. The Labute approximate surface area is 140 Å². The number of piperidine rings is 2. The highest BCUT2D eigenvalue weighted by molar-refractivity contribution is 7.90. The van der Waals surface area contributed by atoms with E-state index in [2.05, 4.69) is 23.5 Å². The van der Waals surface area contributed by atoms with E-state index in [1.807, 2.05) is 11.8 Å². The number of rotatable bonds is 4. The van der Waals surface area contributed by atoms with Gasteiger partial charge in [-0.05, 0) is 45.1 Å². The molecule has 2 rings (SSSR count). The molecule has 0 spiro atoms. The molecule has 0 aromatic rings. The van der Waals surface area contributed by atoms with Gasteiger partial charge in [0, 0.05) is 26.2 Å². The third kappa shape index (κ3) is 4.45. The summed E-state index contributed by atoms with van der Waals surface area (Å²) in [7, 11) is -1.73. The zero-order valence-electron chi connectivity index (χ0n) is 14.8. The number of likely N-dealkylation sites (tertiary alicyclic amines) is 2. The van der Waals surface area contributed by atoms with Gasteiger partial charge >= 0.3 is 0 Å². The van der Waals surface area contributed by atoms with Crippen LogP contribution in [0.4, 0.5) is 0 Å². The molecule has 0 radical (unpaired) electrons. The Kier molecular flexibility index (Phi) is 6.08. The van der Waals surface area contributed by atoms with Crippen molar-refractivity contribution in [3.63, 3.8) is 0 Å². The molecule has 2 aliphatic heterocycles. The number of carbonyl (C=O) groups excluding carboxylic acids is 1. The number of nitrogens with zero attached hydrogens (tertiary/aromatic N) is 2. The molecule has 23 heavy (non-hydrogen) atoms. The van der Waals surface area contributed by atoms with Gasteiger partial charge in [0.05, 0.1) is 11.3 Å². The number of hydrogen-bond acceptors (Lipinski definition) is 4. The van der Waals surface area contributed by atoms with Crippen LogP contribution in [0.1, 0.15) is 40.0 Å². The summed E-state index contributed by atoms with van der Waals surface area (Å²) in [5.74, 6) is 1.31. The minimum Gasteiger partial charge on any atom is -0.341 e. The van der Waals surface area contributed by atoms with E-state index in [0.29, 0.717) is 37.8 Å². The smallest absolute Gasteiger partial charge is 0.239 e. The Bertz CT molecular complexity index is 505. The molecule has 134 valence electrons. The van der Waals surface area contributed by atoms with E-state index < -0.39 is 10.0 Å². The van der Waals surface area contributed by atoms with Crippen molar-refractivity contribution >= 4 is 15.9 Å². The highest BCUT2D eigenvalue weighted by atomic mass is 32.2. The summed E-state index contributed by atoms with van der Waals surface area (Å²) < 4.78 is 26.2. The number of carbonyl (C=O) groups is 1. The molecule has 0 aliphatic carbocycles. The second-order valence-corrected chi connectivity index (χ2v) is 9.51. The molecule has 3 atom stereocenters. The third-order valence-corrected chi connectivity index (χ3v) is 7.20. The van der Waals surface area contributed by atoms with Crippen molar-refractivity contribution in [2.75, 3.05) is 33.2 Å². The van der Waals surface area contributed by atoms with Crippen LogP contribution < -0.4 is 4.72 Å². The van der Waals surface area contributed by atoms with Gasteiger partial charge in [0.15, 0.2) is 0 Å². The van der Waals surface area contributed by atoms with Crippen molar-refractivity contribution in [1.29, 1.82) is 0 Å². The molecular formula is C16H31N3O3S. The number of hydrogen-bond donors (Lipinski definition) is 1. The molecule has 2 aliphatic rings. The maximum absolute atomic E-state index is 12.8. The van der Waals surface area contributed by atoms with Gasteiger partial charge in [0.2, 0.25) is 15.9 Å². The lowest BCUT2D eigenvalue weighted by atomic mass is 9.91. The fourth-order valence-corrected chi connectivity index (χ4v) is 5.17. The van der Waals surface area contributed by atoms with Crippen molar-refractivity contribution in [2.24, 2.45) is 11.8 Å². The predicted molar refractivity (Wildman–Crippen MR) is 91.6 cm³/mol. The second kappa shape index (κ2) is 7.49. The van der Waals surface area contributed by atoms with Gasteiger partial charge in [0.25, 0.3) is 0 Å². The van der Waals surface area contributed by atoms with Crippen molar-refractivity contribution in [3.05, 3.63) is 0 Å². The fourth-order valence-electron chi connectivity index (χ4n) is 4.00. The maximum atomic E-state index is 12.8. The lowest BCUT2D eigenvalue weighted by molar-refractivity contribution is -0.139. The number of sulfonamides is 1. The molecule has 2 fully saturated rings. The molecule has 6 nitrogen and oxygen atoms in total. The van der Waals surface area contributed by atoms with E-state index >= 15 is 0 Å². The van der Waals surface area contributed by atoms with Gasteiger partial charge in [0.1, 0.15) is 0 Å². The highest BCUT2D eigenvalue weighted by Crippen LogP contribution is 2.24. The Morgan fingerprint density at radius 2 is 1.65 bits per heavy atom. The normalized spacial score (nSPS) is 29.5. The van der Waals surface area contributed by atoms with Crippen LogP contribution >= 0.6 is 0 Å². The maximum Gasteiger partial charge on any atom is 0.239 e. The van der Waals surface area contributed by atoms with E-state index in [4.69, 9.17) is 0 Å². The van der Waals surface area contributed by atoms with Crippen LogP contribution in [0.2, 0.25) is 0 Å². The summed E-state index contributed by atoms with van der Waals surface area (Å²) in [6.45, 7) is 9.38. The average Bonchev–Trinajstić information content (AvgIpc) is 2.52. The molecule has 0 aromatic carbocycles. The molecule has 0 unspecified atom stereocenters. The van der Waals surface area contributed by atoms with Gasteiger partial charge < -0.3 is 4.90 Å². The first-order valence-corrected chi connectivity index (χ1v) is 10.2. The zero-order chi connectivity index (χ0) is 17.2. The van der Waals surface area contributed by atoms with Crippen molar-refractivity contribution in [3.8, 4) is 0 Å². The Hall–Kier alpha value is -0.660. The van der Waals surface area contributed by atoms with Crippen molar-refractivity contribution in [1.82, 2.24) is 14.5 Å². The molecular weight excluding hydrogens is 314 g/mol. The first kappa shape index (κ1) is 18.7. The molecule has 2 heterocycles. The zero-order valence-corrected chi connectivity index (χ0v) is 15.6. The standard InChI is InChI=1S/C16H31N3O3S/c1-12-9-13(2)11-19(10-12)16(20)14(3)18-7-5-15(6-8-18)23(21,22)17-4/h12-15,17H,5-11H2,1-4H3/t12-,13-,14+/m0/s1. The Balaban J connectivity index is 1.91. The van der Waals surface area contributed by atoms with Gasteiger partial charge in [-0.1, -0.05) is 13.8 Å². The van der Waals surface area contributed by atoms with Crippen molar-refractivity contribution < 1.29 is 13.2 Å². The van der Waals surface area contributed by atoms with Gasteiger partial charge in [-0.15, -0.1) is 0 Å². The van der Waals surface area contributed by atoms with Crippen molar-refractivity contribution in [2.45, 2.75) is 51.3 Å². The fraction of sp³-hybridized carbons (Fsp3) is 0.938. The van der Waals surface area contributed by atoms with Gasteiger partial charge in [-0.25, -0.2) is 13.1 Å². The summed E-state index contributed by atoms with van der Waals surface area (Å²) in [6.07, 6.45) is 2.37. The van der Waals surface area contributed by atoms with E-state index in [1.165, 1.54) is 13.5 Å². The van der Waals surface area contributed by atoms with Crippen LogP contribution in [0.3, 0.4) is 0 Å². The number of nitrogens with one attached hydrogen (secondary N) is 1. The van der Waals surface area contributed by atoms with Gasteiger partial charge in [-0.3, -0.25) is 9.69 Å². The average molecular weight is 346 g/mol. The summed E-state index contributed by atoms with van der Waals surface area (Å²) in [6, 6.07) is -0.161. The van der Waals surface area contributed by atoms with Crippen LogP contribution in [-0.4, -0.2) is 68.6 Å². The Morgan fingerprint density at radius 1 is 1.13 bits per heavy atom. The molecule has 7 heteroatoms. The van der Waals surface area contributed by atoms with Crippen LogP contribution in [-0.2, 0) is 14.8 Å². The van der Waals surface area contributed by atoms with Crippen LogP contribution in [0.15, 0.2) is 0 Å². The molecule has 1 amide bonds. The SMILES string of the molecule is CNS(=O)(=O)C1CCN([C@H](C)C(=O)N2C[C@@H](C)C[C@H](C)C2)CC1. The first-order valence-electron chi connectivity index (χ1n) is 8.69. The topological polar surface area (TPSA) is 69.7 Å². The largest absolute Gasteiger partial charge is 0.341 e. The Morgan fingerprint density at radius 3 is 2.13 bits per heavy atom. The lowest BCUT2D eigenvalue weighted by Gasteiger charge is -2.40. The highest BCUT2D eigenvalue weighted by Gasteiger charge is 2.35. The van der Waals surface area contributed by atoms with E-state index in [-0.39, 0.29) is 17.2 Å². The minimum atomic E-state index is -3.20. The van der Waals surface area contributed by atoms with E-state index in [1.54, 1.807) is 0 Å². The van der Waals surface area contributed by atoms with Crippen LogP contribution in [0.5, 0.6) is 0 Å². The molecule has 2 saturated heterocycles. The molecule has 0 saturated carbocycles. The first-order chi connectivity index (χ1) is 10.7. The second-order valence-electron chi connectivity index (χ2n) is 7.35. The van der Waals surface area contributed by atoms with Crippen LogP contribution in [0.25, 0.3) is 0 Å². The number of amides is 1. The summed E-state index contributed by atoms with van der Waals surface area (Å²) in [5, 5.41) is -0.332. The molecule has 0 aromatic heterocycles.